The molecular formula is C22H19FN4S. The van der Waals surface area contributed by atoms with Crippen molar-refractivity contribution < 1.29 is 4.39 Å². The summed E-state index contributed by atoms with van der Waals surface area (Å²) in [4.78, 5) is 1.28. The van der Waals surface area contributed by atoms with Crippen molar-refractivity contribution in [3.8, 4) is 11.3 Å². The summed E-state index contributed by atoms with van der Waals surface area (Å²) in [6, 6.07) is 17.6. The molecule has 0 saturated carbocycles. The van der Waals surface area contributed by atoms with Crippen LogP contribution in [0, 0.1) is 5.82 Å². The van der Waals surface area contributed by atoms with Crippen molar-refractivity contribution in [2.45, 2.75) is 18.9 Å². The first kappa shape index (κ1) is 17.3. The minimum atomic E-state index is -0.272. The third kappa shape index (κ3) is 3.04. The molecule has 0 saturated heterocycles. The first-order valence-corrected chi connectivity index (χ1v) is 10.1. The zero-order chi connectivity index (χ0) is 19.1. The Kier molecular flexibility index (Phi) is 4.30. The van der Waals surface area contributed by atoms with E-state index in [0.717, 1.165) is 24.1 Å². The highest BCUT2D eigenvalue weighted by molar-refractivity contribution is 7.19. The van der Waals surface area contributed by atoms with Crippen LogP contribution in [-0.2, 0) is 6.54 Å². The van der Waals surface area contributed by atoms with Gasteiger partial charge in [0.25, 0.3) is 0 Å². The van der Waals surface area contributed by atoms with Gasteiger partial charge in [-0.25, -0.2) is 4.39 Å². The number of hydrogen-bond acceptors (Lipinski definition) is 5. The van der Waals surface area contributed by atoms with Gasteiger partial charge in [0.2, 0.25) is 0 Å². The van der Waals surface area contributed by atoms with Crippen molar-refractivity contribution in [2.75, 3.05) is 12.3 Å². The molecule has 1 aliphatic heterocycles. The van der Waals surface area contributed by atoms with E-state index < -0.39 is 0 Å². The highest BCUT2D eigenvalue weighted by atomic mass is 32.1. The summed E-state index contributed by atoms with van der Waals surface area (Å²) in [6.45, 7) is 1.61. The molecule has 0 amide bonds. The predicted molar refractivity (Wildman–Crippen MR) is 112 cm³/mol. The molecule has 0 aliphatic carbocycles. The lowest BCUT2D eigenvalue weighted by Gasteiger charge is -2.17. The van der Waals surface area contributed by atoms with Gasteiger partial charge < -0.3 is 11.1 Å². The van der Waals surface area contributed by atoms with Gasteiger partial charge in [-0.1, -0.05) is 18.2 Å². The predicted octanol–water partition coefficient (Wildman–Crippen LogP) is 4.70. The number of fused-ring (bicyclic) bond motifs is 2. The SMILES string of the molecule is Nc1ccc(-c2cc3c(cc2F)C(c2cc4ccccc4s2)CCNC3)nn1. The number of nitrogens with two attached hydrogens (primary N) is 1. The number of rotatable bonds is 2. The number of nitrogen functional groups attached to an aromatic ring is 1. The van der Waals surface area contributed by atoms with Gasteiger partial charge in [0.1, 0.15) is 11.6 Å². The summed E-state index contributed by atoms with van der Waals surface area (Å²) >= 11 is 1.80. The monoisotopic (exact) mass is 390 g/mol. The molecule has 0 radical (unpaired) electrons. The van der Waals surface area contributed by atoms with Gasteiger partial charge in [-0.2, -0.15) is 0 Å². The molecule has 140 valence electrons. The van der Waals surface area contributed by atoms with Crippen molar-refractivity contribution >= 4 is 27.2 Å². The van der Waals surface area contributed by atoms with Crippen molar-refractivity contribution in [1.82, 2.24) is 15.5 Å². The van der Waals surface area contributed by atoms with Crippen molar-refractivity contribution in [3.63, 3.8) is 0 Å². The fourth-order valence-corrected chi connectivity index (χ4v) is 5.11. The summed E-state index contributed by atoms with van der Waals surface area (Å²) in [5.41, 5.74) is 8.74. The maximum absolute atomic E-state index is 15.1. The third-order valence-corrected chi connectivity index (χ3v) is 6.51. The van der Waals surface area contributed by atoms with Gasteiger partial charge in [0.15, 0.2) is 0 Å². The van der Waals surface area contributed by atoms with Crippen molar-refractivity contribution in [3.05, 3.63) is 76.4 Å². The second kappa shape index (κ2) is 6.96. The molecule has 0 spiro atoms. The van der Waals surface area contributed by atoms with Crippen LogP contribution in [0.1, 0.15) is 28.3 Å². The molecular weight excluding hydrogens is 371 g/mol. The van der Waals surface area contributed by atoms with Crippen LogP contribution < -0.4 is 11.1 Å². The molecule has 2 aromatic heterocycles. The smallest absolute Gasteiger partial charge is 0.146 e. The summed E-state index contributed by atoms with van der Waals surface area (Å²) in [6.07, 6.45) is 0.945. The number of anilines is 1. The number of hydrogen-bond donors (Lipinski definition) is 2. The van der Waals surface area contributed by atoms with Crippen LogP contribution in [0.15, 0.2) is 54.6 Å². The Morgan fingerprint density at radius 1 is 1.07 bits per heavy atom. The van der Waals surface area contributed by atoms with Crippen LogP contribution in [0.3, 0.4) is 0 Å². The number of nitrogens with one attached hydrogen (secondary N) is 1. The maximum atomic E-state index is 15.1. The van der Waals surface area contributed by atoms with E-state index in [1.165, 1.54) is 15.0 Å². The second-order valence-corrected chi connectivity index (χ2v) is 8.19. The van der Waals surface area contributed by atoms with Gasteiger partial charge in [0.05, 0.1) is 5.69 Å². The summed E-state index contributed by atoms with van der Waals surface area (Å²) in [5.74, 6) is 0.236. The molecule has 1 aliphatic rings. The van der Waals surface area contributed by atoms with E-state index in [1.807, 2.05) is 6.07 Å². The Morgan fingerprint density at radius 3 is 2.79 bits per heavy atom. The standard InChI is InChI=1S/C22H19FN4S/c23-18-11-16-14(9-17(18)19-5-6-22(24)27-26-19)12-25-8-7-15(16)21-10-13-3-1-2-4-20(13)28-21/h1-6,9-11,15,25H,7-8,12H2,(H2,24,27). The number of halogens is 1. The van der Waals surface area contributed by atoms with Crippen molar-refractivity contribution in [2.24, 2.45) is 0 Å². The summed E-state index contributed by atoms with van der Waals surface area (Å²) in [7, 11) is 0. The van der Waals surface area contributed by atoms with Gasteiger partial charge in [0, 0.05) is 27.6 Å². The second-order valence-electron chi connectivity index (χ2n) is 7.08. The average Bonchev–Trinajstić information content (AvgIpc) is 3.03. The zero-order valence-electron chi connectivity index (χ0n) is 15.2. The highest BCUT2D eigenvalue weighted by Crippen LogP contribution is 2.40. The lowest BCUT2D eigenvalue weighted by Crippen LogP contribution is -2.12. The molecule has 28 heavy (non-hydrogen) atoms. The van der Waals surface area contributed by atoms with Crippen LogP contribution in [0.5, 0.6) is 0 Å². The topological polar surface area (TPSA) is 63.8 Å². The quantitative estimate of drug-likeness (QED) is 0.521. The molecule has 0 fully saturated rings. The van der Waals surface area contributed by atoms with E-state index in [1.54, 1.807) is 29.5 Å². The largest absolute Gasteiger partial charge is 0.382 e. The molecule has 4 aromatic rings. The molecule has 0 bridgehead atoms. The van der Waals surface area contributed by atoms with Gasteiger partial charge >= 0.3 is 0 Å². The Morgan fingerprint density at radius 2 is 1.96 bits per heavy atom. The first-order chi connectivity index (χ1) is 13.7. The van der Waals surface area contributed by atoms with E-state index in [-0.39, 0.29) is 11.7 Å². The molecule has 3 heterocycles. The fraction of sp³-hybridized carbons (Fsp3) is 0.182. The van der Waals surface area contributed by atoms with Crippen LogP contribution in [-0.4, -0.2) is 16.7 Å². The lowest BCUT2D eigenvalue weighted by atomic mass is 9.89. The normalized spacial score (nSPS) is 16.7. The minimum Gasteiger partial charge on any atom is -0.382 e. The van der Waals surface area contributed by atoms with Crippen LogP contribution in [0.4, 0.5) is 10.2 Å². The molecule has 5 rings (SSSR count). The Labute approximate surface area is 166 Å². The molecule has 1 unspecified atom stereocenters. The Hall–Kier alpha value is -2.83. The maximum Gasteiger partial charge on any atom is 0.146 e. The molecule has 1 atom stereocenters. The van der Waals surface area contributed by atoms with Crippen molar-refractivity contribution in [1.29, 1.82) is 0 Å². The Bertz CT molecular complexity index is 1120. The van der Waals surface area contributed by atoms with Crippen LogP contribution >= 0.6 is 11.3 Å². The third-order valence-electron chi connectivity index (χ3n) is 5.28. The first-order valence-electron chi connectivity index (χ1n) is 9.30. The van der Waals surface area contributed by atoms with E-state index in [4.69, 9.17) is 5.73 Å². The van der Waals surface area contributed by atoms with E-state index in [9.17, 15) is 0 Å². The highest BCUT2D eigenvalue weighted by Gasteiger charge is 2.24. The number of aromatic nitrogens is 2. The minimum absolute atomic E-state index is 0.184. The summed E-state index contributed by atoms with van der Waals surface area (Å²) < 4.78 is 16.3. The summed E-state index contributed by atoms with van der Waals surface area (Å²) in [5, 5.41) is 12.6. The van der Waals surface area contributed by atoms with Crippen LogP contribution in [0.25, 0.3) is 21.3 Å². The van der Waals surface area contributed by atoms with Crippen LogP contribution in [0.2, 0.25) is 0 Å². The van der Waals surface area contributed by atoms with Gasteiger partial charge in [-0.3, -0.25) is 0 Å². The molecule has 2 aromatic carbocycles. The molecule has 6 heteroatoms. The lowest BCUT2D eigenvalue weighted by molar-refractivity contribution is 0.623. The number of thiophene rings is 1. The number of nitrogens with zero attached hydrogens (tertiary/aromatic N) is 2. The molecule has 4 nitrogen and oxygen atoms in total. The average molecular weight is 390 g/mol. The van der Waals surface area contributed by atoms with Gasteiger partial charge in [-0.05, 0) is 65.9 Å². The Balaban J connectivity index is 1.62. The van der Waals surface area contributed by atoms with E-state index in [2.05, 4.69) is 45.8 Å². The van der Waals surface area contributed by atoms with E-state index >= 15 is 4.39 Å². The number of benzene rings is 2. The fourth-order valence-electron chi connectivity index (χ4n) is 3.89. The zero-order valence-corrected chi connectivity index (χ0v) is 16.0. The van der Waals surface area contributed by atoms with Gasteiger partial charge in [-0.15, -0.1) is 21.5 Å². The van der Waals surface area contributed by atoms with E-state index in [0.29, 0.717) is 23.6 Å². The molecule has 3 N–H and O–H groups in total.